The van der Waals surface area contributed by atoms with E-state index in [1.165, 1.54) is 20.8 Å². The summed E-state index contributed by atoms with van der Waals surface area (Å²) in [7, 11) is 0. The van der Waals surface area contributed by atoms with Crippen LogP contribution in [-0.4, -0.2) is 106 Å². The van der Waals surface area contributed by atoms with Crippen LogP contribution in [-0.2, 0) is 47.5 Å². The summed E-state index contributed by atoms with van der Waals surface area (Å²) in [5, 5.41) is 26.0. The summed E-state index contributed by atoms with van der Waals surface area (Å²) in [6.45, 7) is 11.4. The van der Waals surface area contributed by atoms with Crippen molar-refractivity contribution in [2.45, 2.75) is 121 Å². The summed E-state index contributed by atoms with van der Waals surface area (Å²) in [4.78, 5) is 69.8. The number of carbonyl (C=O) groups is 5. The highest BCUT2D eigenvalue weighted by Gasteiger charge is 2.94. The number of hydrogen-bond donors (Lipinski definition) is 3. The van der Waals surface area contributed by atoms with Gasteiger partial charge in [-0.25, -0.2) is 14.4 Å². The van der Waals surface area contributed by atoms with E-state index >= 15 is 0 Å². The number of aliphatic hydroxyl groups excluding tert-OH is 2. The van der Waals surface area contributed by atoms with E-state index in [0.717, 1.165) is 8.95 Å². The molecular formula is C46H51Br2NO14. The van der Waals surface area contributed by atoms with Crippen molar-refractivity contribution in [2.24, 2.45) is 63.4 Å². The van der Waals surface area contributed by atoms with E-state index in [1.54, 1.807) is 55.5 Å². The molecule has 3 heterocycles. The minimum atomic E-state index is -2.04. The Kier molecular flexibility index (Phi) is 9.68. The Morgan fingerprint density at radius 1 is 0.778 bits per heavy atom. The van der Waals surface area contributed by atoms with Gasteiger partial charge < -0.3 is 49.1 Å². The molecule has 15 nitrogen and oxygen atoms in total. The van der Waals surface area contributed by atoms with E-state index in [-0.39, 0.29) is 17.2 Å². The van der Waals surface area contributed by atoms with Crippen LogP contribution >= 0.6 is 31.9 Å². The second-order valence-electron chi connectivity index (χ2n) is 20.0. The van der Waals surface area contributed by atoms with E-state index in [9.17, 15) is 34.2 Å². The number of carbonyl (C=O) groups excluding carboxylic acids is 5. The zero-order chi connectivity index (χ0) is 45.2. The lowest BCUT2D eigenvalue weighted by molar-refractivity contribution is -0.283. The molecule has 8 fully saturated rings. The molecule has 10 rings (SSSR count). The summed E-state index contributed by atoms with van der Waals surface area (Å²) in [6.07, 6.45) is -7.49. The zero-order valence-electron chi connectivity index (χ0n) is 35.7. The van der Waals surface area contributed by atoms with Crippen molar-refractivity contribution in [1.82, 2.24) is 0 Å². The number of ether oxygens (including phenoxy) is 7. The highest BCUT2D eigenvalue weighted by molar-refractivity contribution is 9.10. The molecule has 3 saturated heterocycles. The van der Waals surface area contributed by atoms with Crippen molar-refractivity contribution in [3.8, 4) is 0 Å². The fourth-order valence-electron chi connectivity index (χ4n) is 14.7. The molecule has 17 heteroatoms. The zero-order valence-corrected chi connectivity index (χ0v) is 38.9. The molecule has 2 unspecified atom stereocenters. The molecule has 63 heavy (non-hydrogen) atoms. The maximum Gasteiger partial charge on any atom is 0.353 e. The molecule has 0 amide bonds. The van der Waals surface area contributed by atoms with E-state index in [2.05, 4.69) is 31.9 Å². The van der Waals surface area contributed by atoms with Crippen molar-refractivity contribution < 1.29 is 67.3 Å². The number of esters is 5. The first-order valence-corrected chi connectivity index (χ1v) is 23.1. The molecule has 338 valence electrons. The average molecular weight is 1000 g/mol. The number of benzene rings is 2. The van der Waals surface area contributed by atoms with Gasteiger partial charge in [0, 0.05) is 63.3 Å². The first kappa shape index (κ1) is 43.4. The lowest BCUT2D eigenvalue weighted by atomic mass is 9.40. The van der Waals surface area contributed by atoms with Crippen LogP contribution in [0.5, 0.6) is 0 Å². The molecule has 5 aliphatic carbocycles. The highest BCUT2D eigenvalue weighted by atomic mass is 79.9. The van der Waals surface area contributed by atoms with E-state index in [1.807, 2.05) is 20.8 Å². The van der Waals surface area contributed by atoms with Gasteiger partial charge in [-0.3, -0.25) is 9.59 Å². The third-order valence-electron chi connectivity index (χ3n) is 17.4. The predicted octanol–water partition coefficient (Wildman–Crippen LogP) is 4.49. The summed E-state index contributed by atoms with van der Waals surface area (Å²) in [6, 6.07) is 12.2. The fraction of sp³-hybridized carbons (Fsp3) is 0.630. The summed E-state index contributed by atoms with van der Waals surface area (Å²) in [5.41, 5.74) is 1.58. The first-order valence-electron chi connectivity index (χ1n) is 21.6. The lowest BCUT2D eigenvalue weighted by Crippen LogP contribution is -2.76. The molecule has 2 aromatic rings. The number of hydrogen-bond acceptors (Lipinski definition) is 15. The maximum absolute atomic E-state index is 14.5. The Morgan fingerprint density at radius 2 is 1.37 bits per heavy atom. The molecule has 2 aromatic carbocycles. The Morgan fingerprint density at radius 3 is 1.95 bits per heavy atom. The second-order valence-corrected chi connectivity index (χ2v) is 21.8. The van der Waals surface area contributed by atoms with Gasteiger partial charge in [-0.05, 0) is 86.6 Å². The molecule has 0 radical (unpaired) electrons. The average Bonchev–Trinajstić information content (AvgIpc) is 4.13. The van der Waals surface area contributed by atoms with E-state index < -0.39 is 148 Å². The quantitative estimate of drug-likeness (QED) is 0.206. The molecule has 1 spiro atoms. The Labute approximate surface area is 380 Å². The normalized spacial score (nSPS) is 49.2. The molecule has 3 aliphatic heterocycles. The van der Waals surface area contributed by atoms with Crippen LogP contribution in [0.3, 0.4) is 0 Å². The van der Waals surface area contributed by atoms with Crippen LogP contribution in [0.4, 0.5) is 0 Å². The number of halogens is 2. The van der Waals surface area contributed by atoms with E-state index in [4.69, 9.17) is 38.9 Å². The van der Waals surface area contributed by atoms with Gasteiger partial charge in [-0.15, -0.1) is 0 Å². The van der Waals surface area contributed by atoms with Crippen LogP contribution in [0, 0.1) is 57.7 Å². The summed E-state index contributed by atoms with van der Waals surface area (Å²) < 4.78 is 45.9. The highest BCUT2D eigenvalue weighted by Crippen LogP contribution is 2.81. The smallest absolute Gasteiger partial charge is 0.353 e. The molecule has 21 atom stereocenters. The minimum Gasteiger partial charge on any atom is -0.458 e. The number of rotatable bonds is 6. The van der Waals surface area contributed by atoms with Crippen LogP contribution in [0.2, 0.25) is 0 Å². The summed E-state index contributed by atoms with van der Waals surface area (Å²) >= 11 is 6.81. The SMILES string of the molecule is CC(=O)O[C@H]1C2C([C@@H](OC(=O)c3ccc(Br)cc3)[C@@H](N)[C@H]3C[C@@H]4O[C@@H]4[C@H](O)[C@]23C)[C@@H]2[C@@H](O)[C@@H]3[C@H]([C@H](C)[C@H]4O[C@]45OC(=O)[C@@](C)(OC(=O)c4ccc(Br)cc4)[C@]35C)[C@@]2(C)[C@H]1OC(C)=O. The van der Waals surface area contributed by atoms with Gasteiger partial charge in [0.05, 0.1) is 34.9 Å². The molecular weight excluding hydrogens is 950 g/mol. The third-order valence-corrected chi connectivity index (χ3v) is 18.5. The number of nitrogens with two attached hydrogens (primary N) is 1. The second kappa shape index (κ2) is 14.0. The number of fused-ring (bicyclic) bond motifs is 9. The molecule has 0 aromatic heterocycles. The van der Waals surface area contributed by atoms with E-state index in [0.29, 0.717) is 6.42 Å². The molecule has 8 aliphatic rings. The van der Waals surface area contributed by atoms with Crippen molar-refractivity contribution in [2.75, 3.05) is 0 Å². The van der Waals surface area contributed by atoms with Crippen molar-refractivity contribution >= 4 is 61.7 Å². The van der Waals surface area contributed by atoms with Gasteiger partial charge in [-0.1, -0.05) is 52.6 Å². The van der Waals surface area contributed by atoms with Crippen LogP contribution in [0.1, 0.15) is 75.6 Å². The van der Waals surface area contributed by atoms with Gasteiger partial charge in [0.15, 0.2) is 0 Å². The fourth-order valence-corrected chi connectivity index (χ4v) is 15.3. The topological polar surface area (TPSA) is 223 Å². The van der Waals surface area contributed by atoms with Crippen molar-refractivity contribution in [3.05, 3.63) is 68.6 Å². The Bertz CT molecular complexity index is 2310. The molecule has 0 bridgehead atoms. The Hall–Kier alpha value is -3.45. The van der Waals surface area contributed by atoms with Gasteiger partial charge in [0.2, 0.25) is 5.60 Å². The van der Waals surface area contributed by atoms with Gasteiger partial charge in [0.25, 0.3) is 5.79 Å². The van der Waals surface area contributed by atoms with Crippen LogP contribution < -0.4 is 5.73 Å². The largest absolute Gasteiger partial charge is 0.458 e. The van der Waals surface area contributed by atoms with Crippen molar-refractivity contribution in [1.29, 1.82) is 0 Å². The predicted molar refractivity (Wildman–Crippen MR) is 224 cm³/mol. The molecule has 5 saturated carbocycles. The van der Waals surface area contributed by atoms with Crippen LogP contribution in [0.15, 0.2) is 57.5 Å². The third kappa shape index (κ3) is 5.56. The maximum atomic E-state index is 14.5. The number of aliphatic hydroxyl groups is 2. The summed E-state index contributed by atoms with van der Waals surface area (Å²) in [5.74, 6) is -11.0. The monoisotopic (exact) mass is 999 g/mol. The lowest BCUT2D eigenvalue weighted by Gasteiger charge is -2.67. The standard InChI is InChI=1S/C46H51Br2NO14/c1-17-27-30(44(6)45(7,41(56)63-46(44)37(17)61-46)62-40(55)21-10-14-23(48)15-11-21)32(52)28-26-29(35(57-18(2)50)38(43(27,28)5)58-19(3)51)42(4)24(16-25-33(59-25)36(42)53)31(49)34(26)60-39(54)20-8-12-22(47)13-9-20/h8-15,17,24-38,52-53H,16,49H2,1-7H3/t17-,24+,25-,26?,27-,28+,29?,30-,31-,32+,33-,34+,35-,36-,37+,38-,42-,43+,44-,45+,46-/m0/s1. The number of epoxide rings is 2. The van der Waals surface area contributed by atoms with Crippen molar-refractivity contribution in [3.63, 3.8) is 0 Å². The van der Waals surface area contributed by atoms with Gasteiger partial charge >= 0.3 is 29.8 Å². The van der Waals surface area contributed by atoms with Gasteiger partial charge in [0.1, 0.15) is 30.5 Å². The molecule has 4 N–H and O–H groups in total. The van der Waals surface area contributed by atoms with Crippen LogP contribution in [0.25, 0.3) is 0 Å². The first-order chi connectivity index (χ1) is 29.6. The van der Waals surface area contributed by atoms with Gasteiger partial charge in [-0.2, -0.15) is 0 Å². The minimum absolute atomic E-state index is 0.169. The Balaban J connectivity index is 1.18.